The molecule has 0 unspecified atom stereocenters. The molecule has 5 rings (SSSR count). The van der Waals surface area contributed by atoms with Crippen LogP contribution in [0.3, 0.4) is 0 Å². The van der Waals surface area contributed by atoms with E-state index in [1.165, 1.54) is 46.1 Å². The van der Waals surface area contributed by atoms with E-state index in [0.717, 1.165) is 20.1 Å². The zero-order valence-electron chi connectivity index (χ0n) is 17.3. The number of nitrogens with zero attached hydrogens (tertiary/aromatic N) is 5. The van der Waals surface area contributed by atoms with E-state index in [1.54, 1.807) is 24.4 Å². The zero-order valence-corrected chi connectivity index (χ0v) is 18.9. The monoisotopic (exact) mass is 472 g/mol. The van der Waals surface area contributed by atoms with Crippen molar-refractivity contribution in [1.82, 2.24) is 24.8 Å². The van der Waals surface area contributed by atoms with Crippen molar-refractivity contribution < 1.29 is 4.79 Å². The molecular weight excluding hydrogens is 456 g/mol. The minimum absolute atomic E-state index is 0.261. The summed E-state index contributed by atoms with van der Waals surface area (Å²) < 4.78 is 3.29. The van der Waals surface area contributed by atoms with Crippen molar-refractivity contribution in [3.8, 4) is 0 Å². The third-order valence-electron chi connectivity index (χ3n) is 4.81. The lowest BCUT2D eigenvalue weighted by Gasteiger charge is -2.08. The second-order valence-electron chi connectivity index (χ2n) is 7.01. The quantitative estimate of drug-likeness (QED) is 0.236. The molecule has 0 fully saturated rings. The van der Waals surface area contributed by atoms with Crippen molar-refractivity contribution >= 4 is 51.1 Å². The second kappa shape index (κ2) is 8.93. The van der Waals surface area contributed by atoms with Gasteiger partial charge in [0.05, 0.1) is 22.0 Å². The van der Waals surface area contributed by atoms with E-state index in [9.17, 15) is 9.59 Å². The number of benzene rings is 1. The van der Waals surface area contributed by atoms with Gasteiger partial charge in [0, 0.05) is 24.2 Å². The molecule has 0 radical (unpaired) electrons. The first kappa shape index (κ1) is 21.0. The van der Waals surface area contributed by atoms with E-state index in [-0.39, 0.29) is 11.1 Å². The highest BCUT2D eigenvalue weighted by Crippen LogP contribution is 2.34. The van der Waals surface area contributed by atoms with Crippen LogP contribution in [0.4, 0.5) is 0 Å². The Kier molecular flexibility index (Phi) is 5.68. The lowest BCUT2D eigenvalue weighted by molar-refractivity contribution is 0.0955. The van der Waals surface area contributed by atoms with Crippen molar-refractivity contribution in [3.63, 3.8) is 0 Å². The molecule has 0 aliphatic carbocycles. The molecule has 1 N–H and O–H groups in total. The van der Waals surface area contributed by atoms with Gasteiger partial charge in [0.15, 0.2) is 4.34 Å². The van der Waals surface area contributed by atoms with Crippen LogP contribution in [0.15, 0.2) is 86.4 Å². The average Bonchev–Trinajstić information content (AvgIpc) is 3.24. The van der Waals surface area contributed by atoms with Crippen LogP contribution >= 0.6 is 23.1 Å². The number of aryl methyl sites for hydroxylation is 1. The SMILES string of the molecule is Cc1cccn2c(=O)c(/C=N/NC(=O)c3ccncc3)c(Sc3nc4ccccc4s3)nc12. The van der Waals surface area contributed by atoms with Crippen molar-refractivity contribution in [2.24, 2.45) is 5.10 Å². The number of carbonyl (C=O) groups is 1. The van der Waals surface area contributed by atoms with E-state index >= 15 is 0 Å². The van der Waals surface area contributed by atoms with E-state index in [0.29, 0.717) is 16.2 Å². The molecule has 4 aromatic heterocycles. The molecule has 0 saturated heterocycles. The van der Waals surface area contributed by atoms with Gasteiger partial charge in [-0.1, -0.05) is 18.2 Å². The molecule has 162 valence electrons. The Bertz CT molecular complexity index is 1540. The Balaban J connectivity index is 1.54. The maximum absolute atomic E-state index is 13.3. The van der Waals surface area contributed by atoms with Gasteiger partial charge in [0.25, 0.3) is 11.5 Å². The average molecular weight is 473 g/mol. The van der Waals surface area contributed by atoms with Crippen molar-refractivity contribution in [3.05, 3.63) is 94.2 Å². The number of nitrogens with one attached hydrogen (secondary N) is 1. The molecule has 0 bridgehead atoms. The summed E-state index contributed by atoms with van der Waals surface area (Å²) in [6, 6.07) is 14.7. The predicted octanol–water partition coefficient (Wildman–Crippen LogP) is 3.92. The summed E-state index contributed by atoms with van der Waals surface area (Å²) >= 11 is 2.83. The summed E-state index contributed by atoms with van der Waals surface area (Å²) in [6.07, 6.45) is 6.04. The van der Waals surface area contributed by atoms with Gasteiger partial charge < -0.3 is 0 Å². The summed E-state index contributed by atoms with van der Waals surface area (Å²) in [7, 11) is 0. The maximum Gasteiger partial charge on any atom is 0.271 e. The topological polar surface area (TPSA) is 102 Å². The van der Waals surface area contributed by atoms with Crippen LogP contribution in [0.1, 0.15) is 21.5 Å². The Labute approximate surface area is 196 Å². The van der Waals surface area contributed by atoms with E-state index in [2.05, 4.69) is 20.5 Å². The number of carbonyl (C=O) groups excluding carboxylic acids is 1. The Hall–Kier alpha value is -3.89. The van der Waals surface area contributed by atoms with Gasteiger partial charge in [0.2, 0.25) is 0 Å². The molecule has 0 aliphatic rings. The first-order valence-electron chi connectivity index (χ1n) is 9.89. The molecule has 0 aliphatic heterocycles. The van der Waals surface area contributed by atoms with E-state index < -0.39 is 5.91 Å². The molecule has 33 heavy (non-hydrogen) atoms. The van der Waals surface area contributed by atoms with Gasteiger partial charge in [-0.2, -0.15) is 5.10 Å². The van der Waals surface area contributed by atoms with Crippen LogP contribution in [0.5, 0.6) is 0 Å². The van der Waals surface area contributed by atoms with E-state index in [1.807, 2.05) is 37.3 Å². The summed E-state index contributed by atoms with van der Waals surface area (Å²) in [6.45, 7) is 1.90. The summed E-state index contributed by atoms with van der Waals surface area (Å²) in [4.78, 5) is 38.8. The third-order valence-corrected chi connectivity index (χ3v) is 6.91. The van der Waals surface area contributed by atoms with Gasteiger partial charge in [-0.25, -0.2) is 15.4 Å². The molecule has 0 atom stereocenters. The van der Waals surface area contributed by atoms with Crippen LogP contribution in [0, 0.1) is 6.92 Å². The zero-order chi connectivity index (χ0) is 22.8. The lowest BCUT2D eigenvalue weighted by atomic mass is 10.2. The smallest absolute Gasteiger partial charge is 0.268 e. The molecule has 8 nitrogen and oxygen atoms in total. The van der Waals surface area contributed by atoms with Gasteiger partial charge in [0.1, 0.15) is 10.7 Å². The van der Waals surface area contributed by atoms with Gasteiger partial charge >= 0.3 is 0 Å². The fraction of sp³-hybridized carbons (Fsp3) is 0.0435. The maximum atomic E-state index is 13.3. The third kappa shape index (κ3) is 4.26. The molecule has 5 aromatic rings. The molecule has 4 heterocycles. The molecule has 0 spiro atoms. The van der Waals surface area contributed by atoms with Crippen LogP contribution < -0.4 is 11.0 Å². The van der Waals surface area contributed by atoms with Crippen LogP contribution in [-0.2, 0) is 0 Å². The normalized spacial score (nSPS) is 11.4. The summed E-state index contributed by atoms with van der Waals surface area (Å²) in [5.41, 5.74) is 5.16. The first-order chi connectivity index (χ1) is 16.1. The minimum atomic E-state index is -0.404. The number of fused-ring (bicyclic) bond motifs is 2. The Morgan fingerprint density at radius 1 is 1.12 bits per heavy atom. The Morgan fingerprint density at radius 3 is 2.76 bits per heavy atom. The Morgan fingerprint density at radius 2 is 1.94 bits per heavy atom. The number of aromatic nitrogens is 4. The van der Waals surface area contributed by atoms with Crippen molar-refractivity contribution in [2.45, 2.75) is 16.3 Å². The number of amides is 1. The number of pyridine rings is 2. The first-order valence-corrected chi connectivity index (χ1v) is 11.5. The fourth-order valence-electron chi connectivity index (χ4n) is 3.18. The van der Waals surface area contributed by atoms with Crippen LogP contribution in [-0.4, -0.2) is 31.5 Å². The second-order valence-corrected chi connectivity index (χ2v) is 9.27. The van der Waals surface area contributed by atoms with Gasteiger partial charge in [-0.3, -0.25) is 19.0 Å². The van der Waals surface area contributed by atoms with Gasteiger partial charge in [-0.05, 0) is 54.6 Å². The highest BCUT2D eigenvalue weighted by molar-refractivity contribution is 8.01. The van der Waals surface area contributed by atoms with Crippen molar-refractivity contribution in [1.29, 1.82) is 0 Å². The van der Waals surface area contributed by atoms with Crippen LogP contribution in [0.25, 0.3) is 15.9 Å². The van der Waals surface area contributed by atoms with Crippen LogP contribution in [0.2, 0.25) is 0 Å². The summed E-state index contributed by atoms with van der Waals surface area (Å²) in [5.74, 6) is -0.404. The molecule has 0 saturated carbocycles. The largest absolute Gasteiger partial charge is 0.271 e. The fourth-order valence-corrected chi connectivity index (χ4v) is 5.24. The lowest BCUT2D eigenvalue weighted by Crippen LogP contribution is -2.23. The van der Waals surface area contributed by atoms with E-state index in [4.69, 9.17) is 4.98 Å². The number of hydrogen-bond donors (Lipinski definition) is 1. The summed E-state index contributed by atoms with van der Waals surface area (Å²) in [5, 5.41) is 4.49. The van der Waals surface area contributed by atoms with Crippen molar-refractivity contribution in [2.75, 3.05) is 0 Å². The molecule has 1 aromatic carbocycles. The number of hydrogen-bond acceptors (Lipinski definition) is 8. The molecule has 1 amide bonds. The molecular formula is C23H16N6O2S2. The number of thiazole rings is 1. The highest BCUT2D eigenvalue weighted by Gasteiger charge is 2.16. The standard InChI is InChI=1S/C23H16N6O2S2/c1-14-5-4-12-29-19(14)27-21(33-23-26-17-6-2-3-7-18(17)32-23)16(22(29)31)13-25-28-20(30)15-8-10-24-11-9-15/h2-13H,1H3,(H,28,30)/b25-13+. The number of hydrazone groups is 1. The number of rotatable bonds is 5. The highest BCUT2D eigenvalue weighted by atomic mass is 32.2. The predicted molar refractivity (Wildman–Crippen MR) is 129 cm³/mol. The van der Waals surface area contributed by atoms with Gasteiger partial charge in [-0.15, -0.1) is 11.3 Å². The molecule has 10 heteroatoms. The number of para-hydroxylation sites is 1. The minimum Gasteiger partial charge on any atom is -0.268 e.